The fraction of sp³-hybridized carbons (Fsp3) is 0.0444. The van der Waals surface area contributed by atoms with Crippen LogP contribution in [0.25, 0.3) is 78.5 Å². The molecule has 236 valence electrons. The molecule has 1 atom stereocenters. The van der Waals surface area contributed by atoms with Crippen molar-refractivity contribution in [1.29, 1.82) is 0 Å². The van der Waals surface area contributed by atoms with Gasteiger partial charge in [0.05, 0.1) is 34.0 Å². The van der Waals surface area contributed by atoms with Crippen LogP contribution in [0.2, 0.25) is 0 Å². The van der Waals surface area contributed by atoms with Gasteiger partial charge in [-0.3, -0.25) is 4.98 Å². The molecule has 50 heavy (non-hydrogen) atoms. The summed E-state index contributed by atoms with van der Waals surface area (Å²) in [6, 6.07) is 45.3. The summed E-state index contributed by atoms with van der Waals surface area (Å²) in [6.07, 6.45) is 10.4. The SMILES string of the molecule is C1=Cc2cccc(-c3ccc4ccc(-c5ccc6c(c5)C=CC(c5ccc(-c7ccc8ccc9cccnc9c8n7)cc5)N6)cc4n3)c2CN1. The Morgan fingerprint density at radius 2 is 1.36 bits per heavy atom. The highest BCUT2D eigenvalue weighted by Crippen LogP contribution is 2.36. The van der Waals surface area contributed by atoms with E-state index in [1.807, 2.05) is 18.5 Å². The molecular weight excluding hydrogens is 611 g/mol. The van der Waals surface area contributed by atoms with Crippen LogP contribution >= 0.6 is 0 Å². The van der Waals surface area contributed by atoms with Crippen LogP contribution in [0.5, 0.6) is 0 Å². The van der Waals surface area contributed by atoms with Crippen molar-refractivity contribution >= 4 is 50.5 Å². The Kier molecular flexibility index (Phi) is 6.56. The molecule has 0 radical (unpaired) electrons. The van der Waals surface area contributed by atoms with E-state index in [0.29, 0.717) is 0 Å². The van der Waals surface area contributed by atoms with Crippen molar-refractivity contribution in [3.8, 4) is 33.6 Å². The van der Waals surface area contributed by atoms with Crippen LogP contribution in [0.1, 0.15) is 28.3 Å². The van der Waals surface area contributed by atoms with Gasteiger partial charge in [-0.1, -0.05) is 103 Å². The normalized spacial score (nSPS) is 14.7. The van der Waals surface area contributed by atoms with E-state index in [9.17, 15) is 0 Å². The topological polar surface area (TPSA) is 62.7 Å². The number of aromatic nitrogens is 3. The number of rotatable bonds is 4. The van der Waals surface area contributed by atoms with Gasteiger partial charge in [-0.05, 0) is 82.1 Å². The van der Waals surface area contributed by atoms with E-state index in [-0.39, 0.29) is 6.04 Å². The zero-order valence-corrected chi connectivity index (χ0v) is 27.1. The first-order valence-electron chi connectivity index (χ1n) is 17.0. The van der Waals surface area contributed by atoms with Crippen molar-refractivity contribution in [2.24, 2.45) is 0 Å². The van der Waals surface area contributed by atoms with Crippen molar-refractivity contribution in [3.05, 3.63) is 168 Å². The third-order valence-electron chi connectivity index (χ3n) is 10.0. The zero-order chi connectivity index (χ0) is 33.0. The van der Waals surface area contributed by atoms with Gasteiger partial charge in [0, 0.05) is 45.7 Å². The lowest BCUT2D eigenvalue weighted by molar-refractivity contribution is 0.860. The summed E-state index contributed by atoms with van der Waals surface area (Å²) in [7, 11) is 0. The first kappa shape index (κ1) is 28.4. The van der Waals surface area contributed by atoms with Crippen molar-refractivity contribution in [3.63, 3.8) is 0 Å². The Hall–Kier alpha value is -6.59. The summed E-state index contributed by atoms with van der Waals surface area (Å²) in [5.41, 5.74) is 15.4. The summed E-state index contributed by atoms with van der Waals surface area (Å²) in [6.45, 7) is 0.809. The maximum Gasteiger partial charge on any atom is 0.0972 e. The summed E-state index contributed by atoms with van der Waals surface area (Å²) < 4.78 is 0. The third kappa shape index (κ3) is 4.91. The Morgan fingerprint density at radius 3 is 2.30 bits per heavy atom. The van der Waals surface area contributed by atoms with E-state index < -0.39 is 0 Å². The Balaban J connectivity index is 0.904. The number of anilines is 1. The molecule has 0 bridgehead atoms. The van der Waals surface area contributed by atoms with Gasteiger partial charge < -0.3 is 10.6 Å². The van der Waals surface area contributed by atoms with E-state index in [0.717, 1.165) is 67.5 Å². The second-order valence-corrected chi connectivity index (χ2v) is 13.0. The molecule has 0 fully saturated rings. The molecule has 0 amide bonds. The van der Waals surface area contributed by atoms with Gasteiger partial charge in [0.25, 0.3) is 0 Å². The average Bonchev–Trinajstić information content (AvgIpc) is 3.19. The molecule has 5 aromatic carbocycles. The molecule has 2 aliphatic heterocycles. The molecule has 2 aliphatic rings. The number of benzene rings is 5. The van der Waals surface area contributed by atoms with Gasteiger partial charge in [0.15, 0.2) is 0 Å². The number of fused-ring (bicyclic) bond motifs is 6. The van der Waals surface area contributed by atoms with Crippen LogP contribution in [-0.2, 0) is 6.54 Å². The lowest BCUT2D eigenvalue weighted by atomic mass is 9.95. The first-order chi connectivity index (χ1) is 24.7. The second-order valence-electron chi connectivity index (χ2n) is 13.0. The molecule has 0 saturated heterocycles. The van der Waals surface area contributed by atoms with E-state index in [2.05, 4.69) is 155 Å². The van der Waals surface area contributed by atoms with E-state index in [1.165, 1.54) is 33.4 Å². The van der Waals surface area contributed by atoms with Gasteiger partial charge in [0.1, 0.15) is 0 Å². The number of hydrogen-bond donors (Lipinski definition) is 2. The minimum absolute atomic E-state index is 0.0813. The summed E-state index contributed by atoms with van der Waals surface area (Å²) >= 11 is 0. The van der Waals surface area contributed by atoms with Crippen molar-refractivity contribution in [2.75, 3.05) is 5.32 Å². The van der Waals surface area contributed by atoms with Crippen molar-refractivity contribution in [2.45, 2.75) is 12.6 Å². The van der Waals surface area contributed by atoms with Crippen molar-refractivity contribution in [1.82, 2.24) is 20.3 Å². The number of nitrogens with zero attached hydrogens (tertiary/aromatic N) is 3. The number of nitrogens with one attached hydrogen (secondary N) is 2. The second kappa shape index (κ2) is 11.5. The fourth-order valence-corrected chi connectivity index (χ4v) is 7.32. The molecule has 0 spiro atoms. The lowest BCUT2D eigenvalue weighted by Gasteiger charge is -2.23. The molecule has 10 rings (SSSR count). The van der Waals surface area contributed by atoms with Crippen LogP contribution in [-0.4, -0.2) is 15.0 Å². The maximum atomic E-state index is 5.14. The van der Waals surface area contributed by atoms with Crippen LogP contribution in [0, 0.1) is 0 Å². The summed E-state index contributed by atoms with van der Waals surface area (Å²) in [5.74, 6) is 0. The Labute approximate surface area is 289 Å². The van der Waals surface area contributed by atoms with E-state index >= 15 is 0 Å². The Morgan fingerprint density at radius 1 is 0.580 bits per heavy atom. The molecule has 5 heteroatoms. The predicted octanol–water partition coefficient (Wildman–Crippen LogP) is 10.6. The van der Waals surface area contributed by atoms with Gasteiger partial charge in [-0.25, -0.2) is 9.97 Å². The molecule has 5 heterocycles. The molecule has 2 N–H and O–H groups in total. The first-order valence-corrected chi connectivity index (χ1v) is 17.0. The Bertz CT molecular complexity index is 2690. The number of pyridine rings is 3. The smallest absolute Gasteiger partial charge is 0.0972 e. The molecule has 8 aromatic rings. The number of hydrogen-bond acceptors (Lipinski definition) is 5. The van der Waals surface area contributed by atoms with Gasteiger partial charge in [-0.15, -0.1) is 0 Å². The van der Waals surface area contributed by atoms with Crippen LogP contribution < -0.4 is 10.6 Å². The third-order valence-corrected chi connectivity index (χ3v) is 10.0. The van der Waals surface area contributed by atoms with Crippen LogP contribution in [0.3, 0.4) is 0 Å². The predicted molar refractivity (Wildman–Crippen MR) is 206 cm³/mol. The highest BCUT2D eigenvalue weighted by Gasteiger charge is 2.17. The molecule has 1 unspecified atom stereocenters. The van der Waals surface area contributed by atoms with E-state index in [4.69, 9.17) is 9.97 Å². The molecule has 0 saturated carbocycles. The fourth-order valence-electron chi connectivity index (χ4n) is 7.32. The minimum atomic E-state index is 0.0813. The van der Waals surface area contributed by atoms with Gasteiger partial charge >= 0.3 is 0 Å². The molecule has 5 nitrogen and oxygen atoms in total. The summed E-state index contributed by atoms with van der Waals surface area (Å²) in [4.78, 5) is 14.8. The van der Waals surface area contributed by atoms with Crippen molar-refractivity contribution < 1.29 is 0 Å². The molecule has 0 aliphatic carbocycles. The average molecular weight is 642 g/mol. The van der Waals surface area contributed by atoms with Crippen LogP contribution in [0.4, 0.5) is 5.69 Å². The molecule has 3 aromatic heterocycles. The largest absolute Gasteiger partial charge is 0.387 e. The van der Waals surface area contributed by atoms with Gasteiger partial charge in [0.2, 0.25) is 0 Å². The molecular formula is C45H31N5. The highest BCUT2D eigenvalue weighted by molar-refractivity contribution is 6.03. The van der Waals surface area contributed by atoms with E-state index in [1.54, 1.807) is 0 Å². The quantitative estimate of drug-likeness (QED) is 0.187. The lowest BCUT2D eigenvalue weighted by Crippen LogP contribution is -2.12. The standard InChI is InChI=1S/C45H31N5/c1-3-28-22-24-46-27-38(28)37(5-1)42-21-14-31-10-13-35(26-43(31)49-42)34-16-19-41-36(25-34)17-20-39(48-41)29-6-8-30(9-7-29)40-18-15-33-12-11-32-4-2-23-47-44(32)45(33)50-40/h1-26,39,46,48H,27H2. The maximum absolute atomic E-state index is 5.14. The summed E-state index contributed by atoms with van der Waals surface area (Å²) in [5, 5.41) is 10.4. The zero-order valence-electron chi connectivity index (χ0n) is 27.1. The van der Waals surface area contributed by atoms with Gasteiger partial charge in [-0.2, -0.15) is 0 Å². The monoisotopic (exact) mass is 641 g/mol. The highest BCUT2D eigenvalue weighted by atomic mass is 14.9. The van der Waals surface area contributed by atoms with Crippen LogP contribution in [0.15, 0.2) is 146 Å². The minimum Gasteiger partial charge on any atom is -0.387 e.